The average Bonchev–Trinajstić information content (AvgIpc) is 2.13. The van der Waals surface area contributed by atoms with Gasteiger partial charge in [0.15, 0.2) is 0 Å². The summed E-state index contributed by atoms with van der Waals surface area (Å²) in [5, 5.41) is 9.41. The molecular formula is C8H17NO3S. The van der Waals surface area contributed by atoms with Gasteiger partial charge in [-0.3, -0.25) is 4.79 Å². The lowest BCUT2D eigenvalue weighted by atomic mass is 10.1. The summed E-state index contributed by atoms with van der Waals surface area (Å²) < 4.78 is 4.67. The second kappa shape index (κ2) is 7.17. The summed E-state index contributed by atoms with van der Waals surface area (Å²) in [6, 6.07) is -0.910. The molecule has 0 rings (SSSR count). The quantitative estimate of drug-likeness (QED) is 0.599. The Labute approximate surface area is 82.8 Å². The standard InChI is InChI=1S/C8H17NO3S/c1-3-12-8(11)7(9)6(10)4-5-13-2/h6-7,10H,3-5,9H2,1-2H3. The molecule has 0 fully saturated rings. The predicted octanol–water partition coefficient (Wildman–Crippen LogP) is -0.00920. The zero-order valence-electron chi connectivity index (χ0n) is 8.03. The molecule has 0 aliphatic rings. The fourth-order valence-electron chi connectivity index (χ4n) is 0.814. The number of aliphatic hydroxyl groups excluding tert-OH is 1. The number of carbonyl (C=O) groups excluding carboxylic acids is 1. The van der Waals surface area contributed by atoms with E-state index < -0.39 is 18.1 Å². The fourth-order valence-corrected chi connectivity index (χ4v) is 1.29. The first-order valence-corrected chi connectivity index (χ1v) is 5.62. The van der Waals surface area contributed by atoms with E-state index in [9.17, 15) is 9.90 Å². The highest BCUT2D eigenvalue weighted by atomic mass is 32.2. The highest BCUT2D eigenvalue weighted by molar-refractivity contribution is 7.98. The maximum absolute atomic E-state index is 11.0. The van der Waals surface area contributed by atoms with E-state index in [1.165, 1.54) is 0 Å². The van der Waals surface area contributed by atoms with Crippen molar-refractivity contribution in [1.29, 1.82) is 0 Å². The number of ether oxygens (including phenoxy) is 1. The Bertz CT molecular complexity index is 154. The SMILES string of the molecule is CCOC(=O)C(N)C(O)CCSC. The number of nitrogens with two attached hydrogens (primary N) is 1. The number of rotatable bonds is 6. The lowest BCUT2D eigenvalue weighted by molar-refractivity contribution is -0.147. The summed E-state index contributed by atoms with van der Waals surface area (Å²) in [4.78, 5) is 11.0. The van der Waals surface area contributed by atoms with Crippen LogP contribution in [0.3, 0.4) is 0 Å². The van der Waals surface area contributed by atoms with Gasteiger partial charge in [-0.05, 0) is 25.4 Å². The maximum Gasteiger partial charge on any atom is 0.325 e. The van der Waals surface area contributed by atoms with Gasteiger partial charge in [-0.25, -0.2) is 0 Å². The summed E-state index contributed by atoms with van der Waals surface area (Å²) in [6.07, 6.45) is 1.65. The van der Waals surface area contributed by atoms with Crippen LogP contribution in [0.4, 0.5) is 0 Å². The molecule has 0 aromatic rings. The molecule has 0 amide bonds. The molecule has 3 N–H and O–H groups in total. The first kappa shape index (κ1) is 12.7. The Kier molecular flexibility index (Phi) is 7.03. The van der Waals surface area contributed by atoms with Crippen LogP contribution in [0.5, 0.6) is 0 Å². The van der Waals surface area contributed by atoms with Gasteiger partial charge in [-0.2, -0.15) is 11.8 Å². The smallest absolute Gasteiger partial charge is 0.325 e. The van der Waals surface area contributed by atoms with Crippen molar-refractivity contribution in [1.82, 2.24) is 0 Å². The number of thioether (sulfide) groups is 1. The van der Waals surface area contributed by atoms with Crippen LogP contribution < -0.4 is 5.73 Å². The molecule has 0 saturated heterocycles. The zero-order valence-corrected chi connectivity index (χ0v) is 8.84. The average molecular weight is 207 g/mol. The highest BCUT2D eigenvalue weighted by Crippen LogP contribution is 2.04. The van der Waals surface area contributed by atoms with Crippen LogP contribution in [-0.4, -0.2) is 41.8 Å². The van der Waals surface area contributed by atoms with Gasteiger partial charge in [0.2, 0.25) is 0 Å². The molecule has 78 valence electrons. The molecule has 13 heavy (non-hydrogen) atoms. The summed E-state index contributed by atoms with van der Waals surface area (Å²) in [5.41, 5.74) is 5.45. The van der Waals surface area contributed by atoms with Gasteiger partial charge in [-0.1, -0.05) is 0 Å². The van der Waals surface area contributed by atoms with E-state index in [0.29, 0.717) is 13.0 Å². The van der Waals surface area contributed by atoms with Gasteiger partial charge < -0.3 is 15.6 Å². The van der Waals surface area contributed by atoms with Crippen LogP contribution in [0, 0.1) is 0 Å². The van der Waals surface area contributed by atoms with Crippen LogP contribution in [0.1, 0.15) is 13.3 Å². The Hall–Kier alpha value is -0.260. The number of esters is 1. The molecule has 0 aliphatic heterocycles. The van der Waals surface area contributed by atoms with Gasteiger partial charge in [0.25, 0.3) is 0 Å². The van der Waals surface area contributed by atoms with E-state index in [1.54, 1.807) is 18.7 Å². The maximum atomic E-state index is 11.0. The first-order chi connectivity index (χ1) is 6.13. The minimum atomic E-state index is -0.910. The van der Waals surface area contributed by atoms with Crippen LogP contribution in [0.2, 0.25) is 0 Å². The minimum absolute atomic E-state index is 0.293. The summed E-state index contributed by atoms with van der Waals surface area (Å²) in [5.74, 6) is 0.255. The van der Waals surface area contributed by atoms with E-state index in [4.69, 9.17) is 5.73 Å². The van der Waals surface area contributed by atoms with Crippen molar-refractivity contribution < 1.29 is 14.6 Å². The molecule has 0 aliphatic carbocycles. The highest BCUT2D eigenvalue weighted by Gasteiger charge is 2.22. The number of aliphatic hydroxyl groups is 1. The van der Waals surface area contributed by atoms with E-state index in [2.05, 4.69) is 4.74 Å². The van der Waals surface area contributed by atoms with Crippen molar-refractivity contribution >= 4 is 17.7 Å². The third-order valence-electron chi connectivity index (χ3n) is 1.59. The fraction of sp³-hybridized carbons (Fsp3) is 0.875. The van der Waals surface area contributed by atoms with Crippen molar-refractivity contribution in [2.24, 2.45) is 5.73 Å². The molecule has 2 atom stereocenters. The van der Waals surface area contributed by atoms with Crippen molar-refractivity contribution in [3.05, 3.63) is 0 Å². The molecule has 0 bridgehead atoms. The predicted molar refractivity (Wildman–Crippen MR) is 53.6 cm³/mol. The van der Waals surface area contributed by atoms with E-state index in [1.807, 2.05) is 6.26 Å². The van der Waals surface area contributed by atoms with Gasteiger partial charge in [0, 0.05) is 0 Å². The van der Waals surface area contributed by atoms with Crippen molar-refractivity contribution in [3.63, 3.8) is 0 Å². The zero-order chi connectivity index (χ0) is 10.3. The Balaban J connectivity index is 3.79. The molecule has 0 aromatic heterocycles. The largest absolute Gasteiger partial charge is 0.465 e. The number of hydrogen-bond donors (Lipinski definition) is 2. The molecule has 0 aromatic carbocycles. The normalized spacial score (nSPS) is 15.1. The summed E-state index contributed by atoms with van der Waals surface area (Å²) >= 11 is 1.60. The van der Waals surface area contributed by atoms with Crippen LogP contribution in [0.15, 0.2) is 0 Å². The monoisotopic (exact) mass is 207 g/mol. The van der Waals surface area contributed by atoms with E-state index >= 15 is 0 Å². The third-order valence-corrected chi connectivity index (χ3v) is 2.23. The minimum Gasteiger partial charge on any atom is -0.465 e. The topological polar surface area (TPSA) is 72.5 Å². The van der Waals surface area contributed by atoms with Crippen molar-refractivity contribution in [2.45, 2.75) is 25.5 Å². The first-order valence-electron chi connectivity index (χ1n) is 4.22. The van der Waals surface area contributed by atoms with Crippen LogP contribution >= 0.6 is 11.8 Å². The van der Waals surface area contributed by atoms with Crippen molar-refractivity contribution in [3.8, 4) is 0 Å². The van der Waals surface area contributed by atoms with Crippen molar-refractivity contribution in [2.75, 3.05) is 18.6 Å². The number of hydrogen-bond acceptors (Lipinski definition) is 5. The van der Waals surface area contributed by atoms with Crippen LogP contribution in [0.25, 0.3) is 0 Å². The molecule has 5 heteroatoms. The Morgan fingerprint density at radius 3 is 2.77 bits per heavy atom. The molecule has 0 heterocycles. The van der Waals surface area contributed by atoms with Crippen LogP contribution in [-0.2, 0) is 9.53 Å². The second-order valence-electron chi connectivity index (χ2n) is 2.63. The summed E-state index contributed by atoms with van der Waals surface area (Å²) in [7, 11) is 0. The van der Waals surface area contributed by atoms with Gasteiger partial charge in [-0.15, -0.1) is 0 Å². The number of carbonyl (C=O) groups is 1. The van der Waals surface area contributed by atoms with Gasteiger partial charge in [0.1, 0.15) is 6.04 Å². The van der Waals surface area contributed by atoms with E-state index in [-0.39, 0.29) is 0 Å². The van der Waals surface area contributed by atoms with E-state index in [0.717, 1.165) is 5.75 Å². The third kappa shape index (κ3) is 5.13. The van der Waals surface area contributed by atoms with Gasteiger partial charge in [0.05, 0.1) is 12.7 Å². The molecule has 2 unspecified atom stereocenters. The molecular weight excluding hydrogens is 190 g/mol. The Morgan fingerprint density at radius 1 is 1.69 bits per heavy atom. The molecule has 4 nitrogen and oxygen atoms in total. The molecule has 0 spiro atoms. The second-order valence-corrected chi connectivity index (χ2v) is 3.61. The Morgan fingerprint density at radius 2 is 2.31 bits per heavy atom. The molecule has 0 saturated carbocycles. The lowest BCUT2D eigenvalue weighted by Crippen LogP contribution is -2.43. The lowest BCUT2D eigenvalue weighted by Gasteiger charge is -2.16. The summed E-state index contributed by atoms with van der Waals surface area (Å²) in [6.45, 7) is 2.00. The van der Waals surface area contributed by atoms with Gasteiger partial charge >= 0.3 is 5.97 Å². The molecule has 0 radical (unpaired) electrons.